The van der Waals surface area contributed by atoms with Gasteiger partial charge in [-0.05, 0) is 30.9 Å². The highest BCUT2D eigenvalue weighted by Gasteiger charge is 2.24. The third kappa shape index (κ3) is 5.71. The fraction of sp³-hybridized carbons (Fsp3) is 0.524. The van der Waals surface area contributed by atoms with E-state index in [1.54, 1.807) is 39.5 Å². The zero-order valence-electron chi connectivity index (χ0n) is 17.8. The number of aliphatic hydroxyl groups excluding tert-OH is 1. The molecule has 0 saturated heterocycles. The highest BCUT2D eigenvalue weighted by Crippen LogP contribution is 2.40. The molecule has 0 saturated carbocycles. The van der Waals surface area contributed by atoms with Gasteiger partial charge in [0.2, 0.25) is 17.5 Å². The topological polar surface area (TPSA) is 98.9 Å². The lowest BCUT2D eigenvalue weighted by atomic mass is 10.0. The maximum absolute atomic E-state index is 10.1. The highest BCUT2D eigenvalue weighted by atomic mass is 16.5. The van der Waals surface area contributed by atoms with Crippen molar-refractivity contribution in [2.24, 2.45) is 5.92 Å². The van der Waals surface area contributed by atoms with Crippen LogP contribution in [0.2, 0.25) is 0 Å². The van der Waals surface area contributed by atoms with Gasteiger partial charge in [0.1, 0.15) is 0 Å². The summed E-state index contributed by atoms with van der Waals surface area (Å²) < 4.78 is 21.7. The molecule has 2 rings (SSSR count). The summed E-state index contributed by atoms with van der Waals surface area (Å²) in [7, 11) is 4.66. The zero-order chi connectivity index (χ0) is 21.4. The van der Waals surface area contributed by atoms with E-state index in [-0.39, 0.29) is 12.0 Å². The van der Waals surface area contributed by atoms with E-state index in [1.165, 1.54) is 0 Å². The number of methoxy groups -OCH3 is 3. The van der Waals surface area contributed by atoms with Crippen LogP contribution in [0.5, 0.6) is 17.2 Å². The van der Waals surface area contributed by atoms with Crippen LogP contribution in [-0.2, 0) is 0 Å². The summed E-state index contributed by atoms with van der Waals surface area (Å²) in [4.78, 5) is 4.56. The lowest BCUT2D eigenvalue weighted by molar-refractivity contribution is 0.150. The molecule has 2 N–H and O–H groups in total. The Bertz CT molecular complexity index is 765. The summed E-state index contributed by atoms with van der Waals surface area (Å²) in [5.74, 6) is 2.58. The lowest BCUT2D eigenvalue weighted by Gasteiger charge is -2.20. The normalized spacial score (nSPS) is 13.2. The van der Waals surface area contributed by atoms with Gasteiger partial charge in [0.15, 0.2) is 11.5 Å². The molecule has 0 radical (unpaired) electrons. The molecule has 29 heavy (non-hydrogen) atoms. The molecule has 1 heterocycles. The summed E-state index contributed by atoms with van der Waals surface area (Å²) in [6.07, 6.45) is 2.75. The number of benzene rings is 1. The minimum absolute atomic E-state index is 0.184. The van der Waals surface area contributed by atoms with Crippen molar-refractivity contribution in [3.63, 3.8) is 0 Å². The van der Waals surface area contributed by atoms with E-state index in [9.17, 15) is 5.11 Å². The first-order chi connectivity index (χ1) is 13.9. The minimum Gasteiger partial charge on any atom is -0.493 e. The maximum Gasteiger partial charge on any atom is 0.244 e. The van der Waals surface area contributed by atoms with Crippen molar-refractivity contribution in [1.82, 2.24) is 15.5 Å². The Labute approximate surface area is 171 Å². The smallest absolute Gasteiger partial charge is 0.244 e. The molecule has 1 aromatic heterocycles. The predicted molar refractivity (Wildman–Crippen MR) is 110 cm³/mol. The fourth-order valence-corrected chi connectivity index (χ4v) is 2.97. The second-order valence-corrected chi connectivity index (χ2v) is 7.02. The molecule has 2 aromatic rings. The summed E-state index contributed by atoms with van der Waals surface area (Å²) in [5.41, 5.74) is 0.683. The molecule has 0 aliphatic heterocycles. The fourth-order valence-electron chi connectivity index (χ4n) is 2.97. The van der Waals surface area contributed by atoms with E-state index in [2.05, 4.69) is 35.9 Å². The Morgan fingerprint density at radius 3 is 2.34 bits per heavy atom. The standard InChI is InChI=1S/C21H31N3O5/c1-7-8-9-15(25)12-22-18(13(2)3)21-23-20(24-29-21)14-10-16(26-4)19(28-6)17(11-14)27-5/h7,10-11,13,15,18,22,25H,1,8-9,12H2,2-6H3/t15-,18-/m0/s1. The van der Waals surface area contributed by atoms with Gasteiger partial charge in [0, 0.05) is 12.1 Å². The van der Waals surface area contributed by atoms with Crippen LogP contribution in [0.4, 0.5) is 0 Å². The van der Waals surface area contributed by atoms with Gasteiger partial charge in [0.05, 0.1) is 33.5 Å². The Morgan fingerprint density at radius 2 is 1.83 bits per heavy atom. The summed E-state index contributed by atoms with van der Waals surface area (Å²) in [6, 6.07) is 3.36. The zero-order valence-corrected chi connectivity index (χ0v) is 17.8. The van der Waals surface area contributed by atoms with Gasteiger partial charge in [-0.2, -0.15) is 4.98 Å². The highest BCUT2D eigenvalue weighted by molar-refractivity contribution is 5.66. The molecule has 0 spiro atoms. The molecule has 0 amide bonds. The van der Waals surface area contributed by atoms with E-state index in [0.717, 1.165) is 6.42 Å². The van der Waals surface area contributed by atoms with Gasteiger partial charge in [-0.1, -0.05) is 25.1 Å². The van der Waals surface area contributed by atoms with Crippen molar-refractivity contribution in [1.29, 1.82) is 0 Å². The second-order valence-electron chi connectivity index (χ2n) is 7.02. The van der Waals surface area contributed by atoms with Crippen molar-refractivity contribution in [3.8, 4) is 28.6 Å². The number of hydrogen-bond acceptors (Lipinski definition) is 8. The van der Waals surface area contributed by atoms with Crippen molar-refractivity contribution in [2.45, 2.75) is 38.8 Å². The molecular formula is C21H31N3O5. The van der Waals surface area contributed by atoms with Crippen LogP contribution < -0.4 is 19.5 Å². The third-order valence-electron chi connectivity index (χ3n) is 4.57. The van der Waals surface area contributed by atoms with Crippen molar-refractivity contribution in [2.75, 3.05) is 27.9 Å². The van der Waals surface area contributed by atoms with Gasteiger partial charge in [-0.25, -0.2) is 0 Å². The van der Waals surface area contributed by atoms with Gasteiger partial charge in [-0.15, -0.1) is 6.58 Å². The first-order valence-electron chi connectivity index (χ1n) is 9.61. The first kappa shape index (κ1) is 22.7. The van der Waals surface area contributed by atoms with E-state index in [1.807, 2.05) is 0 Å². The molecular weight excluding hydrogens is 374 g/mol. The maximum atomic E-state index is 10.1. The molecule has 8 nitrogen and oxygen atoms in total. The van der Waals surface area contributed by atoms with Crippen molar-refractivity contribution >= 4 is 0 Å². The van der Waals surface area contributed by atoms with Crippen LogP contribution in [0, 0.1) is 5.92 Å². The Morgan fingerprint density at radius 1 is 1.17 bits per heavy atom. The number of allylic oxidation sites excluding steroid dienone is 1. The Hall–Kier alpha value is -2.58. The summed E-state index contributed by atoms with van der Waals surface area (Å²) in [5, 5.41) is 17.5. The van der Waals surface area contributed by atoms with E-state index < -0.39 is 6.10 Å². The molecule has 0 unspecified atom stereocenters. The van der Waals surface area contributed by atoms with Crippen molar-refractivity contribution in [3.05, 3.63) is 30.7 Å². The number of rotatable bonds is 12. The monoisotopic (exact) mass is 405 g/mol. The van der Waals surface area contributed by atoms with Gasteiger partial charge in [0.25, 0.3) is 0 Å². The molecule has 160 valence electrons. The van der Waals surface area contributed by atoms with Gasteiger partial charge in [-0.3, -0.25) is 0 Å². The van der Waals surface area contributed by atoms with E-state index in [4.69, 9.17) is 18.7 Å². The number of nitrogens with one attached hydrogen (secondary N) is 1. The largest absolute Gasteiger partial charge is 0.493 e. The minimum atomic E-state index is -0.466. The molecule has 0 aliphatic rings. The summed E-state index contributed by atoms with van der Waals surface area (Å²) >= 11 is 0. The molecule has 8 heteroatoms. The Balaban J connectivity index is 2.24. The van der Waals surface area contributed by atoms with Crippen molar-refractivity contribution < 1.29 is 23.8 Å². The van der Waals surface area contributed by atoms with Gasteiger partial charge < -0.3 is 29.2 Å². The number of aromatic nitrogens is 2. The molecule has 2 atom stereocenters. The number of hydrogen-bond donors (Lipinski definition) is 2. The van der Waals surface area contributed by atoms with E-state index in [0.29, 0.717) is 47.5 Å². The molecule has 0 bridgehead atoms. The summed E-state index contributed by atoms with van der Waals surface area (Å²) in [6.45, 7) is 8.21. The number of aliphatic hydroxyl groups is 1. The average Bonchev–Trinajstić information content (AvgIpc) is 3.20. The first-order valence-corrected chi connectivity index (χ1v) is 9.61. The van der Waals surface area contributed by atoms with Crippen LogP contribution in [0.25, 0.3) is 11.4 Å². The lowest BCUT2D eigenvalue weighted by Crippen LogP contribution is -2.33. The molecule has 0 aliphatic carbocycles. The van der Waals surface area contributed by atoms with E-state index >= 15 is 0 Å². The van der Waals surface area contributed by atoms with Gasteiger partial charge >= 0.3 is 0 Å². The van der Waals surface area contributed by atoms with Crippen LogP contribution in [0.1, 0.15) is 38.6 Å². The third-order valence-corrected chi connectivity index (χ3v) is 4.57. The van der Waals surface area contributed by atoms with Crippen LogP contribution >= 0.6 is 0 Å². The molecule has 1 aromatic carbocycles. The second kappa shape index (κ2) is 10.8. The van der Waals surface area contributed by atoms with Crippen LogP contribution in [0.15, 0.2) is 29.3 Å². The quantitative estimate of drug-likeness (QED) is 0.519. The SMILES string of the molecule is C=CCC[C@H](O)CN[C@H](c1nc(-c2cc(OC)c(OC)c(OC)c2)no1)C(C)C. The van der Waals surface area contributed by atoms with Crippen LogP contribution in [-0.4, -0.2) is 49.2 Å². The van der Waals surface area contributed by atoms with Crippen LogP contribution in [0.3, 0.4) is 0 Å². The predicted octanol–water partition coefficient (Wildman–Crippen LogP) is 3.38. The number of nitrogens with zero attached hydrogens (tertiary/aromatic N) is 2. The molecule has 0 fully saturated rings. The Kier molecular flexibility index (Phi) is 8.48. The number of ether oxygens (including phenoxy) is 3. The average molecular weight is 405 g/mol.